The number of halogens is 1. The smallest absolute Gasteiger partial charge is 0.339 e. The molecule has 7 nitrogen and oxygen atoms in total. The van der Waals surface area contributed by atoms with Gasteiger partial charge in [-0.25, -0.2) is 4.79 Å². The van der Waals surface area contributed by atoms with Crippen LogP contribution in [0.2, 0.25) is 5.02 Å². The van der Waals surface area contributed by atoms with Gasteiger partial charge in [0.1, 0.15) is 0 Å². The predicted octanol–water partition coefficient (Wildman–Crippen LogP) is 4.35. The lowest BCUT2D eigenvalue weighted by Gasteiger charge is -2.19. The maximum Gasteiger partial charge on any atom is 0.339 e. The first kappa shape index (κ1) is 22.7. The predicted molar refractivity (Wildman–Crippen MR) is 126 cm³/mol. The average Bonchev–Trinajstić information content (AvgIpc) is 3.11. The topological polar surface area (TPSA) is 97.8 Å². The Morgan fingerprint density at radius 1 is 0.714 bits per heavy atom. The number of hydrogen-bond donors (Lipinski definition) is 0. The minimum Gasteiger partial charge on any atom is -0.462 e. The number of carbonyl (C=O) groups is 5. The number of unbranched alkanes of at least 4 members (excludes halogenated alkanes) is 1. The number of esters is 1. The third-order valence-electron chi connectivity index (χ3n) is 6.14. The fraction of sp³-hybridized carbons (Fsp3) is 0.148. The van der Waals surface area contributed by atoms with Gasteiger partial charge in [-0.1, -0.05) is 48.0 Å². The highest BCUT2D eigenvalue weighted by Gasteiger charge is 2.35. The Balaban J connectivity index is 1.21. The summed E-state index contributed by atoms with van der Waals surface area (Å²) in [6.07, 6.45) is 0.854. The molecule has 0 radical (unpaired) electrons. The van der Waals surface area contributed by atoms with E-state index in [-0.39, 0.29) is 58.0 Å². The first-order chi connectivity index (χ1) is 16.9. The quantitative estimate of drug-likeness (QED) is 0.228. The van der Waals surface area contributed by atoms with E-state index in [1.165, 1.54) is 17.0 Å². The van der Waals surface area contributed by atoms with Crippen molar-refractivity contribution in [3.63, 3.8) is 0 Å². The van der Waals surface area contributed by atoms with E-state index < -0.39 is 11.8 Å². The number of ether oxygens (including phenoxy) is 1. The molecule has 0 bridgehead atoms. The number of imide groups is 1. The molecule has 2 amide bonds. The molecule has 0 N–H and O–H groups in total. The third-order valence-corrected chi connectivity index (χ3v) is 6.53. The van der Waals surface area contributed by atoms with Gasteiger partial charge in [-0.2, -0.15) is 0 Å². The number of fused-ring (bicyclic) bond motifs is 3. The van der Waals surface area contributed by atoms with Gasteiger partial charge in [0.2, 0.25) is 0 Å². The van der Waals surface area contributed by atoms with E-state index in [9.17, 15) is 24.0 Å². The Morgan fingerprint density at radius 3 is 1.91 bits per heavy atom. The summed E-state index contributed by atoms with van der Waals surface area (Å²) >= 11 is 6.40. The van der Waals surface area contributed by atoms with Crippen molar-refractivity contribution in [2.24, 2.45) is 0 Å². The molecule has 0 saturated heterocycles. The Hall–Kier alpha value is -4.10. The van der Waals surface area contributed by atoms with E-state index in [0.29, 0.717) is 29.5 Å². The van der Waals surface area contributed by atoms with E-state index in [2.05, 4.69) is 0 Å². The van der Waals surface area contributed by atoms with Crippen LogP contribution in [0.15, 0.2) is 60.7 Å². The Bertz CT molecular complexity index is 1410. The first-order valence-corrected chi connectivity index (χ1v) is 11.4. The Morgan fingerprint density at radius 2 is 1.29 bits per heavy atom. The summed E-state index contributed by atoms with van der Waals surface area (Å²) in [4.78, 5) is 64.4. The van der Waals surface area contributed by atoms with Crippen LogP contribution < -0.4 is 0 Å². The highest BCUT2D eigenvalue weighted by molar-refractivity contribution is 6.41. The van der Waals surface area contributed by atoms with Crippen molar-refractivity contribution in [2.45, 2.75) is 12.8 Å². The lowest BCUT2D eigenvalue weighted by atomic mass is 9.83. The fourth-order valence-corrected chi connectivity index (χ4v) is 4.69. The molecule has 0 aromatic heterocycles. The van der Waals surface area contributed by atoms with Gasteiger partial charge in [0.15, 0.2) is 11.6 Å². The van der Waals surface area contributed by atoms with Crippen LogP contribution in [0.5, 0.6) is 0 Å². The molecule has 35 heavy (non-hydrogen) atoms. The summed E-state index contributed by atoms with van der Waals surface area (Å²) in [5.41, 5.74) is 1.46. The molecule has 2 aliphatic rings. The molecule has 8 heteroatoms. The van der Waals surface area contributed by atoms with Crippen LogP contribution in [-0.2, 0) is 4.74 Å². The zero-order valence-electron chi connectivity index (χ0n) is 18.4. The van der Waals surface area contributed by atoms with Crippen molar-refractivity contribution in [2.75, 3.05) is 13.2 Å². The zero-order valence-corrected chi connectivity index (χ0v) is 19.1. The lowest BCUT2D eigenvalue weighted by Crippen LogP contribution is -2.30. The molecule has 1 heterocycles. The van der Waals surface area contributed by atoms with E-state index in [4.69, 9.17) is 16.3 Å². The van der Waals surface area contributed by atoms with Gasteiger partial charge in [-0.3, -0.25) is 24.1 Å². The van der Waals surface area contributed by atoms with Crippen LogP contribution >= 0.6 is 11.6 Å². The number of ketones is 2. The molecule has 3 aromatic carbocycles. The highest BCUT2D eigenvalue weighted by Crippen LogP contribution is 2.34. The number of benzene rings is 3. The van der Waals surface area contributed by atoms with Crippen LogP contribution in [0.25, 0.3) is 0 Å². The van der Waals surface area contributed by atoms with Crippen molar-refractivity contribution in [1.29, 1.82) is 0 Å². The van der Waals surface area contributed by atoms with Crippen LogP contribution in [0, 0.1) is 0 Å². The molecule has 1 aliphatic heterocycles. The zero-order chi connectivity index (χ0) is 24.7. The van der Waals surface area contributed by atoms with Gasteiger partial charge < -0.3 is 4.74 Å². The molecular formula is C27H18ClNO6. The molecule has 0 unspecified atom stereocenters. The lowest BCUT2D eigenvalue weighted by molar-refractivity contribution is 0.0485. The molecule has 0 spiro atoms. The maximum atomic E-state index is 13.0. The number of amides is 2. The summed E-state index contributed by atoms with van der Waals surface area (Å²) < 4.78 is 5.30. The summed E-state index contributed by atoms with van der Waals surface area (Å²) in [5.74, 6) is -2.13. The van der Waals surface area contributed by atoms with Gasteiger partial charge in [0.05, 0.1) is 33.9 Å². The fourth-order valence-electron chi connectivity index (χ4n) is 4.36. The number of carbonyl (C=O) groups excluding carboxylic acids is 5. The van der Waals surface area contributed by atoms with E-state index in [0.717, 1.165) is 0 Å². The molecule has 0 saturated carbocycles. The standard InChI is InChI=1S/C27H18ClNO6/c28-22-20(12-11-19-21(22)24(31)16-8-2-1-7-15(16)23(19)30)27(34)35-14-6-5-13-29-25(32)17-9-3-4-10-18(17)26(29)33/h1-4,7-12H,5-6,13-14H2. The number of rotatable bonds is 6. The summed E-state index contributed by atoms with van der Waals surface area (Å²) in [5, 5.41) is -0.119. The molecule has 174 valence electrons. The Labute approximate surface area is 205 Å². The van der Waals surface area contributed by atoms with Gasteiger partial charge in [-0.15, -0.1) is 0 Å². The maximum absolute atomic E-state index is 13.0. The van der Waals surface area contributed by atoms with Crippen LogP contribution in [0.1, 0.15) is 75.8 Å². The number of hydrogen-bond acceptors (Lipinski definition) is 6. The summed E-state index contributed by atoms with van der Waals surface area (Å²) in [6, 6.07) is 15.9. The highest BCUT2D eigenvalue weighted by atomic mass is 35.5. The summed E-state index contributed by atoms with van der Waals surface area (Å²) in [7, 11) is 0. The van der Waals surface area contributed by atoms with Crippen molar-refractivity contribution < 1.29 is 28.7 Å². The second-order valence-corrected chi connectivity index (χ2v) is 8.58. The molecular weight excluding hydrogens is 470 g/mol. The van der Waals surface area contributed by atoms with Crippen molar-refractivity contribution in [3.05, 3.63) is 105 Å². The van der Waals surface area contributed by atoms with Gasteiger partial charge in [-0.05, 0) is 37.1 Å². The van der Waals surface area contributed by atoms with E-state index in [1.54, 1.807) is 48.5 Å². The second-order valence-electron chi connectivity index (χ2n) is 8.20. The molecule has 5 rings (SSSR count). The SMILES string of the molecule is O=C(OCCCCN1C(=O)c2ccccc2C1=O)c1ccc2c(c1Cl)C(=O)c1ccccc1C2=O. The monoisotopic (exact) mass is 487 g/mol. The first-order valence-electron chi connectivity index (χ1n) is 11.0. The average molecular weight is 488 g/mol. The molecule has 0 atom stereocenters. The van der Waals surface area contributed by atoms with Crippen molar-refractivity contribution in [1.82, 2.24) is 4.90 Å². The van der Waals surface area contributed by atoms with Gasteiger partial charge in [0, 0.05) is 23.2 Å². The van der Waals surface area contributed by atoms with E-state index >= 15 is 0 Å². The van der Waals surface area contributed by atoms with Gasteiger partial charge in [0.25, 0.3) is 11.8 Å². The Kier molecular flexibility index (Phi) is 5.78. The van der Waals surface area contributed by atoms with Crippen LogP contribution in [0.3, 0.4) is 0 Å². The van der Waals surface area contributed by atoms with E-state index in [1.807, 2.05) is 0 Å². The van der Waals surface area contributed by atoms with Crippen LogP contribution in [-0.4, -0.2) is 47.4 Å². The minimum atomic E-state index is -0.724. The summed E-state index contributed by atoms with van der Waals surface area (Å²) in [6.45, 7) is 0.241. The third kappa shape index (κ3) is 3.74. The molecule has 0 fully saturated rings. The largest absolute Gasteiger partial charge is 0.462 e. The number of nitrogens with zero attached hydrogens (tertiary/aromatic N) is 1. The normalized spacial score (nSPS) is 14.0. The minimum absolute atomic E-state index is 0.00422. The van der Waals surface area contributed by atoms with Crippen molar-refractivity contribution >= 4 is 41.0 Å². The van der Waals surface area contributed by atoms with Crippen molar-refractivity contribution in [3.8, 4) is 0 Å². The molecule has 1 aliphatic carbocycles. The molecule has 3 aromatic rings. The van der Waals surface area contributed by atoms with Gasteiger partial charge >= 0.3 is 5.97 Å². The second kappa shape index (κ2) is 8.92. The van der Waals surface area contributed by atoms with Crippen LogP contribution in [0.4, 0.5) is 0 Å².